The topological polar surface area (TPSA) is 41.5 Å². The molecule has 0 heterocycles. The van der Waals surface area contributed by atoms with Crippen LogP contribution < -0.4 is 5.43 Å². The van der Waals surface area contributed by atoms with Crippen molar-refractivity contribution >= 4 is 23.2 Å². The number of benzene rings is 1. The Bertz CT molecular complexity index is 438. The lowest BCUT2D eigenvalue weighted by molar-refractivity contribution is -0.122. The number of amides is 1. The highest BCUT2D eigenvalue weighted by atomic mass is 35.5. The van der Waals surface area contributed by atoms with E-state index in [1.54, 1.807) is 6.07 Å². The summed E-state index contributed by atoms with van der Waals surface area (Å²) < 4.78 is 0. The molecule has 0 aliphatic heterocycles. The predicted molar refractivity (Wildman–Crippen MR) is 64.5 cm³/mol. The molecule has 2 rings (SSSR count). The van der Waals surface area contributed by atoms with Gasteiger partial charge in [-0.15, -0.1) is 0 Å². The maximum atomic E-state index is 11.4. The van der Waals surface area contributed by atoms with Crippen molar-refractivity contribution in [3.05, 3.63) is 34.9 Å². The quantitative estimate of drug-likeness (QED) is 0.636. The first kappa shape index (κ1) is 11.1. The standard InChI is InChI=1S/C12H13ClN2O/c1-8(10-4-2-3-5-11(10)13)14-15-12(16)9-6-7-9/h2-5,9H,6-7H2,1H3,(H,15,16)/b14-8-. The van der Waals surface area contributed by atoms with Crippen LogP contribution in [0.15, 0.2) is 29.4 Å². The van der Waals surface area contributed by atoms with Crippen molar-refractivity contribution in [3.63, 3.8) is 0 Å². The second-order valence-electron chi connectivity index (χ2n) is 3.93. The number of halogens is 1. The normalized spacial score (nSPS) is 16.0. The van der Waals surface area contributed by atoms with Crippen molar-refractivity contribution in [1.29, 1.82) is 0 Å². The lowest BCUT2D eigenvalue weighted by Gasteiger charge is -2.03. The highest BCUT2D eigenvalue weighted by molar-refractivity contribution is 6.34. The molecule has 1 amide bonds. The van der Waals surface area contributed by atoms with Crippen LogP contribution >= 0.6 is 11.6 Å². The zero-order chi connectivity index (χ0) is 11.5. The average molecular weight is 237 g/mol. The van der Waals surface area contributed by atoms with E-state index >= 15 is 0 Å². The Labute approximate surface area is 99.5 Å². The van der Waals surface area contributed by atoms with Gasteiger partial charge in [0, 0.05) is 16.5 Å². The smallest absolute Gasteiger partial charge is 0.243 e. The van der Waals surface area contributed by atoms with Gasteiger partial charge in [-0.05, 0) is 25.8 Å². The second kappa shape index (κ2) is 4.66. The van der Waals surface area contributed by atoms with Crippen molar-refractivity contribution in [2.45, 2.75) is 19.8 Å². The third kappa shape index (κ3) is 2.61. The fourth-order valence-corrected chi connectivity index (χ4v) is 1.66. The van der Waals surface area contributed by atoms with E-state index in [4.69, 9.17) is 11.6 Å². The molecule has 0 spiro atoms. The van der Waals surface area contributed by atoms with E-state index in [1.807, 2.05) is 25.1 Å². The molecule has 1 fully saturated rings. The van der Waals surface area contributed by atoms with Gasteiger partial charge in [-0.25, -0.2) is 5.43 Å². The van der Waals surface area contributed by atoms with Gasteiger partial charge in [-0.1, -0.05) is 29.8 Å². The maximum absolute atomic E-state index is 11.4. The van der Waals surface area contributed by atoms with Gasteiger partial charge in [0.25, 0.3) is 0 Å². The molecule has 0 saturated heterocycles. The Balaban J connectivity index is 2.06. The molecule has 0 aromatic heterocycles. The molecule has 1 aliphatic carbocycles. The van der Waals surface area contributed by atoms with E-state index in [9.17, 15) is 4.79 Å². The number of rotatable bonds is 3. The summed E-state index contributed by atoms with van der Waals surface area (Å²) in [5, 5.41) is 4.69. The van der Waals surface area contributed by atoms with Crippen LogP contribution in [0.4, 0.5) is 0 Å². The summed E-state index contributed by atoms with van der Waals surface area (Å²) in [5.41, 5.74) is 4.13. The first-order valence-corrected chi connectivity index (χ1v) is 5.65. The zero-order valence-corrected chi connectivity index (χ0v) is 9.79. The van der Waals surface area contributed by atoms with Crippen molar-refractivity contribution in [2.75, 3.05) is 0 Å². The number of hydrazone groups is 1. The van der Waals surface area contributed by atoms with Crippen molar-refractivity contribution in [3.8, 4) is 0 Å². The summed E-state index contributed by atoms with van der Waals surface area (Å²) in [7, 11) is 0. The predicted octanol–water partition coefficient (Wildman–Crippen LogP) is 2.59. The Kier molecular flexibility index (Phi) is 3.25. The monoisotopic (exact) mass is 236 g/mol. The third-order valence-electron chi connectivity index (χ3n) is 2.55. The van der Waals surface area contributed by atoms with Crippen molar-refractivity contribution < 1.29 is 4.79 Å². The van der Waals surface area contributed by atoms with Crippen molar-refractivity contribution in [1.82, 2.24) is 5.43 Å². The molecular weight excluding hydrogens is 224 g/mol. The molecule has 1 aromatic rings. The zero-order valence-electron chi connectivity index (χ0n) is 9.03. The second-order valence-corrected chi connectivity index (χ2v) is 4.33. The van der Waals surface area contributed by atoms with E-state index in [2.05, 4.69) is 10.5 Å². The lowest BCUT2D eigenvalue weighted by atomic mass is 10.1. The van der Waals surface area contributed by atoms with Crippen LogP contribution in [0.5, 0.6) is 0 Å². The highest BCUT2D eigenvalue weighted by Gasteiger charge is 2.29. The molecule has 1 aromatic carbocycles. The first-order chi connectivity index (χ1) is 7.68. The molecule has 3 nitrogen and oxygen atoms in total. The number of carbonyl (C=O) groups excluding carboxylic acids is 1. The summed E-state index contributed by atoms with van der Waals surface area (Å²) in [6.45, 7) is 1.83. The Morgan fingerprint density at radius 2 is 2.12 bits per heavy atom. The minimum Gasteiger partial charge on any atom is -0.273 e. The lowest BCUT2D eigenvalue weighted by Crippen LogP contribution is -2.20. The number of hydrogen-bond acceptors (Lipinski definition) is 2. The van der Waals surface area contributed by atoms with E-state index < -0.39 is 0 Å². The van der Waals surface area contributed by atoms with Gasteiger partial charge >= 0.3 is 0 Å². The summed E-state index contributed by atoms with van der Waals surface area (Å²) >= 11 is 6.02. The van der Waals surface area contributed by atoms with Crippen LogP contribution in [0, 0.1) is 5.92 Å². The molecule has 1 saturated carbocycles. The minimum absolute atomic E-state index is 0.00593. The Hall–Kier alpha value is -1.35. The van der Waals surface area contributed by atoms with Crippen LogP contribution in [-0.4, -0.2) is 11.6 Å². The van der Waals surface area contributed by atoms with E-state index in [-0.39, 0.29) is 11.8 Å². The SMILES string of the molecule is C/C(=N/NC(=O)C1CC1)c1ccccc1Cl. The molecule has 16 heavy (non-hydrogen) atoms. The molecule has 4 heteroatoms. The minimum atomic E-state index is 0.00593. The van der Waals surface area contributed by atoms with Crippen LogP contribution in [0.1, 0.15) is 25.3 Å². The molecule has 1 aliphatic rings. The van der Waals surface area contributed by atoms with Gasteiger partial charge in [-0.2, -0.15) is 5.10 Å². The van der Waals surface area contributed by atoms with Gasteiger partial charge in [0.05, 0.1) is 5.71 Å². The van der Waals surface area contributed by atoms with E-state index in [0.717, 1.165) is 24.1 Å². The van der Waals surface area contributed by atoms with Crippen LogP contribution in [0.2, 0.25) is 5.02 Å². The van der Waals surface area contributed by atoms with Crippen LogP contribution in [0.3, 0.4) is 0 Å². The molecule has 0 unspecified atom stereocenters. The fourth-order valence-electron chi connectivity index (χ4n) is 1.39. The first-order valence-electron chi connectivity index (χ1n) is 5.27. The Morgan fingerprint density at radius 1 is 1.44 bits per heavy atom. The number of nitrogens with zero attached hydrogens (tertiary/aromatic N) is 1. The number of hydrogen-bond donors (Lipinski definition) is 1. The number of nitrogens with one attached hydrogen (secondary N) is 1. The largest absolute Gasteiger partial charge is 0.273 e. The van der Waals surface area contributed by atoms with Crippen LogP contribution in [0.25, 0.3) is 0 Å². The van der Waals surface area contributed by atoms with Gasteiger partial charge in [0.2, 0.25) is 5.91 Å². The van der Waals surface area contributed by atoms with Gasteiger partial charge in [0.15, 0.2) is 0 Å². The summed E-state index contributed by atoms with van der Waals surface area (Å²) in [6.07, 6.45) is 1.96. The molecular formula is C12H13ClN2O. The Morgan fingerprint density at radius 3 is 2.75 bits per heavy atom. The third-order valence-corrected chi connectivity index (χ3v) is 2.88. The molecule has 0 radical (unpaired) electrons. The van der Waals surface area contributed by atoms with Crippen molar-refractivity contribution in [2.24, 2.45) is 11.0 Å². The van der Waals surface area contributed by atoms with Crippen LogP contribution in [-0.2, 0) is 4.79 Å². The summed E-state index contributed by atoms with van der Waals surface area (Å²) in [5.74, 6) is 0.175. The highest BCUT2D eigenvalue weighted by Crippen LogP contribution is 2.28. The van der Waals surface area contributed by atoms with E-state index in [0.29, 0.717) is 5.02 Å². The average Bonchev–Trinajstić information content (AvgIpc) is 3.10. The maximum Gasteiger partial charge on any atom is 0.243 e. The molecule has 0 atom stereocenters. The molecule has 1 N–H and O–H groups in total. The number of carbonyl (C=O) groups is 1. The van der Waals surface area contributed by atoms with E-state index in [1.165, 1.54) is 0 Å². The van der Waals surface area contributed by atoms with Gasteiger partial charge < -0.3 is 0 Å². The summed E-state index contributed by atoms with van der Waals surface area (Å²) in [6, 6.07) is 7.44. The van der Waals surface area contributed by atoms with Gasteiger partial charge in [0.1, 0.15) is 0 Å². The summed E-state index contributed by atoms with van der Waals surface area (Å²) in [4.78, 5) is 11.4. The molecule has 0 bridgehead atoms. The molecule has 84 valence electrons. The fraction of sp³-hybridized carbons (Fsp3) is 0.333. The van der Waals surface area contributed by atoms with Gasteiger partial charge in [-0.3, -0.25) is 4.79 Å².